The van der Waals surface area contributed by atoms with Gasteiger partial charge in [-0.3, -0.25) is 0 Å². The number of benzene rings is 1. The van der Waals surface area contributed by atoms with Crippen molar-refractivity contribution in [3.05, 3.63) is 29.8 Å². The first-order chi connectivity index (χ1) is 7.88. The van der Waals surface area contributed by atoms with Gasteiger partial charge in [0.2, 0.25) is 10.0 Å². The molecule has 0 fully saturated rings. The second-order valence-electron chi connectivity index (χ2n) is 4.24. The molecule has 0 spiro atoms. The lowest BCUT2D eigenvalue weighted by Crippen LogP contribution is -2.37. The molecule has 0 aliphatic heterocycles. The number of sulfonamides is 1. The number of nitrogens with one attached hydrogen (secondary N) is 1. The second kappa shape index (κ2) is 5.30. The van der Waals surface area contributed by atoms with E-state index in [9.17, 15) is 8.42 Å². The van der Waals surface area contributed by atoms with Crippen molar-refractivity contribution in [3.8, 4) is 6.07 Å². The van der Waals surface area contributed by atoms with Crippen LogP contribution in [0.1, 0.15) is 19.4 Å². The number of rotatable bonds is 4. The molecule has 0 saturated carbocycles. The van der Waals surface area contributed by atoms with Gasteiger partial charge in [-0.25, -0.2) is 8.42 Å². The van der Waals surface area contributed by atoms with Crippen molar-refractivity contribution in [1.82, 2.24) is 4.72 Å². The molecular formula is C12H16N2O2S. The van der Waals surface area contributed by atoms with E-state index in [2.05, 4.69) is 4.72 Å². The maximum Gasteiger partial charge on any atom is 0.241 e. The Kier molecular flexibility index (Phi) is 4.27. The summed E-state index contributed by atoms with van der Waals surface area (Å²) in [6.45, 7) is 5.33. The zero-order valence-electron chi connectivity index (χ0n) is 10.1. The molecule has 0 radical (unpaired) electrons. The number of hydrogen-bond donors (Lipinski definition) is 1. The Bertz CT molecular complexity index is 530. The van der Waals surface area contributed by atoms with Crippen molar-refractivity contribution in [2.24, 2.45) is 5.92 Å². The lowest BCUT2D eigenvalue weighted by atomic mass is 10.1. The van der Waals surface area contributed by atoms with Gasteiger partial charge in [0.15, 0.2) is 0 Å². The molecule has 5 heteroatoms. The highest BCUT2D eigenvalue weighted by atomic mass is 32.2. The molecule has 1 N–H and O–H groups in total. The van der Waals surface area contributed by atoms with Gasteiger partial charge < -0.3 is 0 Å². The standard InChI is InChI=1S/C12H16N2O2S/c1-9(2)11(8-13)14-17(15,16)12-7-5-4-6-10(12)3/h4-7,9,11,14H,1-3H3. The molecule has 0 aromatic heterocycles. The van der Waals surface area contributed by atoms with Gasteiger partial charge in [0.1, 0.15) is 6.04 Å². The van der Waals surface area contributed by atoms with Crippen LogP contribution in [0.4, 0.5) is 0 Å². The summed E-state index contributed by atoms with van der Waals surface area (Å²) in [6.07, 6.45) is 0. The van der Waals surface area contributed by atoms with Crippen molar-refractivity contribution in [1.29, 1.82) is 5.26 Å². The Balaban J connectivity index is 3.06. The summed E-state index contributed by atoms with van der Waals surface area (Å²) >= 11 is 0. The SMILES string of the molecule is Cc1ccccc1S(=O)(=O)NC(C#N)C(C)C. The molecule has 0 saturated heterocycles. The fraction of sp³-hybridized carbons (Fsp3) is 0.417. The van der Waals surface area contributed by atoms with Crippen LogP contribution in [0.25, 0.3) is 0 Å². The largest absolute Gasteiger partial charge is 0.241 e. The normalized spacial score (nSPS) is 13.4. The highest BCUT2D eigenvalue weighted by Gasteiger charge is 2.23. The molecule has 92 valence electrons. The predicted molar refractivity (Wildman–Crippen MR) is 65.7 cm³/mol. The summed E-state index contributed by atoms with van der Waals surface area (Å²) in [4.78, 5) is 0.223. The highest BCUT2D eigenvalue weighted by molar-refractivity contribution is 7.89. The van der Waals surface area contributed by atoms with Crippen molar-refractivity contribution < 1.29 is 8.42 Å². The molecule has 1 rings (SSSR count). The Morgan fingerprint density at radius 2 is 1.88 bits per heavy atom. The van der Waals surface area contributed by atoms with Crippen LogP contribution < -0.4 is 4.72 Å². The first-order valence-corrected chi connectivity index (χ1v) is 6.84. The number of nitriles is 1. The van der Waals surface area contributed by atoms with Crippen LogP contribution in [0, 0.1) is 24.2 Å². The van der Waals surface area contributed by atoms with E-state index in [4.69, 9.17) is 5.26 Å². The molecule has 17 heavy (non-hydrogen) atoms. The molecule has 4 nitrogen and oxygen atoms in total. The zero-order valence-corrected chi connectivity index (χ0v) is 11.0. The molecule has 1 aromatic carbocycles. The topological polar surface area (TPSA) is 70.0 Å². The second-order valence-corrected chi connectivity index (χ2v) is 5.92. The van der Waals surface area contributed by atoms with Gasteiger partial charge in [-0.15, -0.1) is 0 Å². The molecule has 0 bridgehead atoms. The minimum Gasteiger partial charge on any atom is -0.207 e. The fourth-order valence-electron chi connectivity index (χ4n) is 1.40. The van der Waals surface area contributed by atoms with Gasteiger partial charge in [0.25, 0.3) is 0 Å². The monoisotopic (exact) mass is 252 g/mol. The third-order valence-corrected chi connectivity index (χ3v) is 4.07. The van der Waals surface area contributed by atoms with Gasteiger partial charge in [-0.1, -0.05) is 32.0 Å². The number of aryl methyl sites for hydroxylation is 1. The van der Waals surface area contributed by atoms with Gasteiger partial charge in [-0.05, 0) is 24.5 Å². The summed E-state index contributed by atoms with van der Waals surface area (Å²) in [5.74, 6) is -0.0706. The zero-order chi connectivity index (χ0) is 13.1. The van der Waals surface area contributed by atoms with Crippen LogP contribution in [0.2, 0.25) is 0 Å². The van der Waals surface area contributed by atoms with E-state index >= 15 is 0 Å². The smallest absolute Gasteiger partial charge is 0.207 e. The van der Waals surface area contributed by atoms with Gasteiger partial charge >= 0.3 is 0 Å². The molecule has 1 unspecified atom stereocenters. The van der Waals surface area contributed by atoms with E-state index in [0.29, 0.717) is 5.56 Å². The summed E-state index contributed by atoms with van der Waals surface area (Å²) < 4.78 is 26.5. The van der Waals surface area contributed by atoms with Gasteiger partial charge in [-0.2, -0.15) is 9.98 Å². The van der Waals surface area contributed by atoms with Crippen LogP contribution >= 0.6 is 0 Å². The molecule has 0 aliphatic rings. The van der Waals surface area contributed by atoms with Crippen LogP contribution in [0.3, 0.4) is 0 Å². The van der Waals surface area contributed by atoms with E-state index in [0.717, 1.165) is 0 Å². The van der Waals surface area contributed by atoms with E-state index in [1.165, 1.54) is 6.07 Å². The minimum absolute atomic E-state index is 0.0706. The minimum atomic E-state index is -3.62. The van der Waals surface area contributed by atoms with E-state index in [1.807, 2.05) is 6.07 Å². The number of hydrogen-bond acceptors (Lipinski definition) is 3. The highest BCUT2D eigenvalue weighted by Crippen LogP contribution is 2.15. The molecule has 1 atom stereocenters. The fourth-order valence-corrected chi connectivity index (χ4v) is 2.94. The van der Waals surface area contributed by atoms with Crippen LogP contribution in [0.15, 0.2) is 29.2 Å². The van der Waals surface area contributed by atoms with Crippen LogP contribution in [-0.4, -0.2) is 14.5 Å². The third-order valence-electron chi connectivity index (χ3n) is 2.47. The van der Waals surface area contributed by atoms with Crippen molar-refractivity contribution >= 4 is 10.0 Å². The Hall–Kier alpha value is -1.38. The Morgan fingerprint density at radius 1 is 1.29 bits per heavy atom. The molecule has 0 heterocycles. The summed E-state index contributed by atoms with van der Waals surface area (Å²) in [5, 5.41) is 8.90. The first kappa shape index (κ1) is 13.7. The molecule has 0 aliphatic carbocycles. The van der Waals surface area contributed by atoms with Crippen LogP contribution in [-0.2, 0) is 10.0 Å². The maximum atomic E-state index is 12.1. The van der Waals surface area contributed by atoms with Crippen molar-refractivity contribution in [2.75, 3.05) is 0 Å². The van der Waals surface area contributed by atoms with E-state index in [-0.39, 0.29) is 10.8 Å². The van der Waals surface area contributed by atoms with Crippen molar-refractivity contribution in [2.45, 2.75) is 31.7 Å². The van der Waals surface area contributed by atoms with Crippen LogP contribution in [0.5, 0.6) is 0 Å². The summed E-state index contributed by atoms with van der Waals surface area (Å²) in [5.41, 5.74) is 0.667. The average Bonchev–Trinajstić information content (AvgIpc) is 2.26. The van der Waals surface area contributed by atoms with Gasteiger partial charge in [0.05, 0.1) is 11.0 Å². The molecule has 0 amide bonds. The third kappa shape index (κ3) is 3.29. The molecular weight excluding hydrogens is 236 g/mol. The lowest BCUT2D eigenvalue weighted by Gasteiger charge is -2.16. The lowest BCUT2D eigenvalue weighted by molar-refractivity contribution is 0.515. The maximum absolute atomic E-state index is 12.1. The number of nitrogens with zero attached hydrogens (tertiary/aromatic N) is 1. The Morgan fingerprint density at radius 3 is 2.35 bits per heavy atom. The van der Waals surface area contributed by atoms with Crippen molar-refractivity contribution in [3.63, 3.8) is 0 Å². The predicted octanol–water partition coefficient (Wildman–Crippen LogP) is 1.82. The van der Waals surface area contributed by atoms with E-state index < -0.39 is 16.1 Å². The first-order valence-electron chi connectivity index (χ1n) is 5.36. The summed E-state index contributed by atoms with van der Waals surface area (Å²) in [7, 11) is -3.62. The van der Waals surface area contributed by atoms with E-state index in [1.54, 1.807) is 39.0 Å². The van der Waals surface area contributed by atoms with Gasteiger partial charge in [0, 0.05) is 0 Å². The molecule has 1 aromatic rings. The average molecular weight is 252 g/mol. The summed E-state index contributed by atoms with van der Waals surface area (Å²) in [6, 6.07) is 7.95. The Labute approximate surface area is 102 Å². The quantitative estimate of drug-likeness (QED) is 0.888.